The molecule has 0 radical (unpaired) electrons. The lowest BCUT2D eigenvalue weighted by molar-refractivity contribution is 0.358. The second-order valence-electron chi connectivity index (χ2n) is 5.41. The summed E-state index contributed by atoms with van der Waals surface area (Å²) in [6.45, 7) is 6.79. The molecule has 0 bridgehead atoms. The molecule has 1 rings (SSSR count). The molecule has 0 amide bonds. The smallest absolute Gasteiger partial charge is 0.0383 e. The molecule has 1 aliphatic carbocycles. The van der Waals surface area contributed by atoms with Gasteiger partial charge in [-0.2, -0.15) is 0 Å². The van der Waals surface area contributed by atoms with E-state index in [0.29, 0.717) is 17.5 Å². The lowest BCUT2D eigenvalue weighted by atomic mass is 9.92. The Morgan fingerprint density at radius 3 is 2.64 bits per heavy atom. The summed E-state index contributed by atoms with van der Waals surface area (Å²) in [6, 6.07) is 1.03. The minimum atomic E-state index is -0.677. The first-order valence-electron chi connectivity index (χ1n) is 5.45. The van der Waals surface area contributed by atoms with Gasteiger partial charge in [0.25, 0.3) is 0 Å². The standard InChI is InChI=1S/C11H23NOS/c1-9(8-14(4)13)12-10-5-6-11(2,3)7-10/h9-10,12H,5-8H2,1-4H3. The predicted octanol–water partition coefficient (Wildman–Crippen LogP) is 1.92. The van der Waals surface area contributed by atoms with E-state index in [-0.39, 0.29) is 0 Å². The average Bonchev–Trinajstić information content (AvgIpc) is 2.27. The van der Waals surface area contributed by atoms with Gasteiger partial charge in [-0.15, -0.1) is 0 Å². The van der Waals surface area contributed by atoms with Crippen LogP contribution in [0.1, 0.15) is 40.0 Å². The van der Waals surface area contributed by atoms with Crippen LogP contribution in [0.3, 0.4) is 0 Å². The molecule has 2 nitrogen and oxygen atoms in total. The second-order valence-corrected chi connectivity index (χ2v) is 6.89. The van der Waals surface area contributed by atoms with Crippen molar-refractivity contribution in [3.8, 4) is 0 Å². The van der Waals surface area contributed by atoms with E-state index in [4.69, 9.17) is 0 Å². The summed E-state index contributed by atoms with van der Waals surface area (Å²) in [5, 5.41) is 3.57. The topological polar surface area (TPSA) is 29.1 Å². The molecule has 3 atom stereocenters. The molecule has 1 N–H and O–H groups in total. The fraction of sp³-hybridized carbons (Fsp3) is 1.00. The molecular formula is C11H23NOS. The molecule has 84 valence electrons. The minimum absolute atomic E-state index is 0.389. The van der Waals surface area contributed by atoms with Crippen molar-refractivity contribution in [2.45, 2.75) is 52.1 Å². The Kier molecular flexibility index (Phi) is 4.14. The maximum atomic E-state index is 11.0. The van der Waals surface area contributed by atoms with Gasteiger partial charge in [-0.05, 0) is 31.6 Å². The molecule has 0 aromatic carbocycles. The molecule has 0 heterocycles. The highest BCUT2D eigenvalue weighted by Crippen LogP contribution is 2.36. The Labute approximate surface area is 90.3 Å². The Morgan fingerprint density at radius 1 is 1.57 bits per heavy atom. The Balaban J connectivity index is 2.29. The van der Waals surface area contributed by atoms with E-state index in [9.17, 15) is 4.21 Å². The van der Waals surface area contributed by atoms with Gasteiger partial charge in [-0.25, -0.2) is 0 Å². The van der Waals surface area contributed by atoms with Crippen molar-refractivity contribution in [3.05, 3.63) is 0 Å². The molecule has 3 heteroatoms. The monoisotopic (exact) mass is 217 g/mol. The third-order valence-corrected chi connectivity index (χ3v) is 3.94. The second kappa shape index (κ2) is 4.75. The van der Waals surface area contributed by atoms with Crippen LogP contribution in [0.15, 0.2) is 0 Å². The van der Waals surface area contributed by atoms with Gasteiger partial charge in [0.15, 0.2) is 0 Å². The third kappa shape index (κ3) is 4.09. The van der Waals surface area contributed by atoms with E-state index in [0.717, 1.165) is 5.75 Å². The van der Waals surface area contributed by atoms with Crippen molar-refractivity contribution in [1.29, 1.82) is 0 Å². The zero-order valence-corrected chi connectivity index (χ0v) is 10.6. The fourth-order valence-corrected chi connectivity index (χ4v) is 3.18. The average molecular weight is 217 g/mol. The van der Waals surface area contributed by atoms with E-state index in [1.807, 2.05) is 0 Å². The SMILES string of the molecule is CC(CS(C)=O)NC1CCC(C)(C)C1. The van der Waals surface area contributed by atoms with Crippen molar-refractivity contribution in [1.82, 2.24) is 5.32 Å². The maximum absolute atomic E-state index is 11.0. The van der Waals surface area contributed by atoms with Crippen molar-refractivity contribution in [2.24, 2.45) is 5.41 Å². The third-order valence-electron chi connectivity index (χ3n) is 2.97. The maximum Gasteiger partial charge on any atom is 0.0383 e. The summed E-state index contributed by atoms with van der Waals surface area (Å²) < 4.78 is 11.0. The number of rotatable bonds is 4. The van der Waals surface area contributed by atoms with Gasteiger partial charge in [0.2, 0.25) is 0 Å². The summed E-state index contributed by atoms with van der Waals surface area (Å²) >= 11 is 0. The summed E-state index contributed by atoms with van der Waals surface area (Å²) in [7, 11) is -0.677. The van der Waals surface area contributed by atoms with Crippen molar-refractivity contribution in [2.75, 3.05) is 12.0 Å². The highest BCUT2D eigenvalue weighted by molar-refractivity contribution is 7.84. The molecule has 0 aromatic heterocycles. The zero-order valence-electron chi connectivity index (χ0n) is 9.80. The first-order valence-corrected chi connectivity index (χ1v) is 7.18. The Morgan fingerprint density at radius 2 is 2.21 bits per heavy atom. The molecule has 1 saturated carbocycles. The van der Waals surface area contributed by atoms with E-state index < -0.39 is 10.8 Å². The zero-order chi connectivity index (χ0) is 10.8. The van der Waals surface area contributed by atoms with Crippen LogP contribution in [0.25, 0.3) is 0 Å². The van der Waals surface area contributed by atoms with Gasteiger partial charge in [-0.3, -0.25) is 4.21 Å². The molecule has 3 unspecified atom stereocenters. The molecule has 14 heavy (non-hydrogen) atoms. The molecule has 0 aromatic rings. The number of hydrogen-bond acceptors (Lipinski definition) is 2. The highest BCUT2D eigenvalue weighted by Gasteiger charge is 2.31. The van der Waals surface area contributed by atoms with Crippen LogP contribution in [0.4, 0.5) is 0 Å². The number of nitrogens with one attached hydrogen (secondary N) is 1. The summed E-state index contributed by atoms with van der Waals surface area (Å²) in [6.07, 6.45) is 5.62. The van der Waals surface area contributed by atoms with E-state index in [1.54, 1.807) is 6.26 Å². The van der Waals surface area contributed by atoms with Gasteiger partial charge < -0.3 is 5.32 Å². The molecule has 1 aliphatic rings. The van der Waals surface area contributed by atoms with E-state index in [1.165, 1.54) is 19.3 Å². The van der Waals surface area contributed by atoms with Crippen LogP contribution >= 0.6 is 0 Å². The van der Waals surface area contributed by atoms with Crippen LogP contribution < -0.4 is 5.32 Å². The van der Waals surface area contributed by atoms with Crippen molar-refractivity contribution in [3.63, 3.8) is 0 Å². The Bertz CT molecular complexity index is 215. The highest BCUT2D eigenvalue weighted by atomic mass is 32.2. The minimum Gasteiger partial charge on any atom is -0.311 e. The summed E-state index contributed by atoms with van der Waals surface area (Å²) in [5.74, 6) is 0.775. The fourth-order valence-electron chi connectivity index (χ4n) is 2.38. The largest absolute Gasteiger partial charge is 0.311 e. The molecule has 0 aliphatic heterocycles. The summed E-state index contributed by atoms with van der Waals surface area (Å²) in [4.78, 5) is 0. The van der Waals surface area contributed by atoms with Gasteiger partial charge >= 0.3 is 0 Å². The Hall–Kier alpha value is 0.110. The normalized spacial score (nSPS) is 30.1. The van der Waals surface area contributed by atoms with Gasteiger partial charge in [0.1, 0.15) is 0 Å². The van der Waals surface area contributed by atoms with Crippen LogP contribution in [-0.2, 0) is 10.8 Å². The van der Waals surface area contributed by atoms with Gasteiger partial charge in [-0.1, -0.05) is 13.8 Å². The van der Waals surface area contributed by atoms with Crippen LogP contribution in [-0.4, -0.2) is 28.3 Å². The van der Waals surface area contributed by atoms with Crippen molar-refractivity contribution >= 4 is 10.8 Å². The lowest BCUT2D eigenvalue weighted by Gasteiger charge is -2.21. The first kappa shape index (κ1) is 12.2. The molecular weight excluding hydrogens is 194 g/mol. The van der Waals surface area contributed by atoms with E-state index in [2.05, 4.69) is 26.1 Å². The van der Waals surface area contributed by atoms with Crippen LogP contribution in [0.5, 0.6) is 0 Å². The van der Waals surface area contributed by atoms with E-state index >= 15 is 0 Å². The predicted molar refractivity (Wildman–Crippen MR) is 63.0 cm³/mol. The number of hydrogen-bond donors (Lipinski definition) is 1. The summed E-state index contributed by atoms with van der Waals surface area (Å²) in [5.41, 5.74) is 0.503. The molecule has 0 spiro atoms. The lowest BCUT2D eigenvalue weighted by Crippen LogP contribution is -2.38. The first-order chi connectivity index (χ1) is 6.39. The molecule has 1 fully saturated rings. The van der Waals surface area contributed by atoms with Crippen LogP contribution in [0, 0.1) is 5.41 Å². The van der Waals surface area contributed by atoms with Gasteiger partial charge in [0, 0.05) is 34.9 Å². The van der Waals surface area contributed by atoms with Crippen LogP contribution in [0.2, 0.25) is 0 Å². The molecule has 0 saturated heterocycles. The van der Waals surface area contributed by atoms with Crippen molar-refractivity contribution < 1.29 is 4.21 Å². The quantitative estimate of drug-likeness (QED) is 0.779. The van der Waals surface area contributed by atoms with Gasteiger partial charge in [0.05, 0.1) is 0 Å².